The largest absolute Gasteiger partial charge is 0.480 e. The van der Waals surface area contributed by atoms with Crippen molar-refractivity contribution in [2.45, 2.75) is 19.4 Å². The molecule has 0 heterocycles. The standard InChI is InChI=1S/C20H17F2NO2/c1-2-18(20(24)23-17-11-10-14(21)12-16(17)22)25-19-9-5-7-13-6-3-4-8-15(13)19/h3-12,18H,2H2,1H3,(H,23,24)/t18-/m0/s1. The Bertz CT molecular complexity index is 906. The van der Waals surface area contributed by atoms with Gasteiger partial charge < -0.3 is 10.1 Å². The Kier molecular flexibility index (Phi) is 4.93. The van der Waals surface area contributed by atoms with Crippen molar-refractivity contribution in [1.82, 2.24) is 0 Å². The number of fused-ring (bicyclic) bond motifs is 1. The first kappa shape index (κ1) is 16.9. The summed E-state index contributed by atoms with van der Waals surface area (Å²) in [5.41, 5.74) is -0.0774. The molecule has 0 spiro atoms. The maximum atomic E-state index is 13.7. The van der Waals surface area contributed by atoms with Gasteiger partial charge in [-0.05, 0) is 30.0 Å². The van der Waals surface area contributed by atoms with Gasteiger partial charge in [-0.2, -0.15) is 0 Å². The maximum absolute atomic E-state index is 13.7. The first-order chi connectivity index (χ1) is 12.1. The van der Waals surface area contributed by atoms with Gasteiger partial charge in [0, 0.05) is 11.5 Å². The number of nitrogens with one attached hydrogen (secondary N) is 1. The Morgan fingerprint density at radius 1 is 1.08 bits per heavy atom. The Hall–Kier alpha value is -2.95. The second-order valence-electron chi connectivity index (χ2n) is 5.61. The second kappa shape index (κ2) is 7.30. The molecule has 0 saturated carbocycles. The van der Waals surface area contributed by atoms with Crippen LogP contribution in [0.25, 0.3) is 10.8 Å². The van der Waals surface area contributed by atoms with E-state index >= 15 is 0 Å². The van der Waals surface area contributed by atoms with Crippen LogP contribution >= 0.6 is 0 Å². The highest BCUT2D eigenvalue weighted by atomic mass is 19.1. The predicted octanol–water partition coefficient (Wildman–Crippen LogP) is 4.91. The topological polar surface area (TPSA) is 38.3 Å². The fourth-order valence-corrected chi connectivity index (χ4v) is 2.58. The van der Waals surface area contributed by atoms with Crippen molar-refractivity contribution in [2.75, 3.05) is 5.32 Å². The molecule has 3 aromatic rings. The summed E-state index contributed by atoms with van der Waals surface area (Å²) in [5.74, 6) is -1.43. The molecule has 0 aliphatic heterocycles. The lowest BCUT2D eigenvalue weighted by Crippen LogP contribution is -2.32. The lowest BCUT2D eigenvalue weighted by molar-refractivity contribution is -0.122. The minimum Gasteiger partial charge on any atom is -0.480 e. The number of halogens is 2. The fourth-order valence-electron chi connectivity index (χ4n) is 2.58. The van der Waals surface area contributed by atoms with Crippen LogP contribution in [0, 0.1) is 11.6 Å². The number of hydrogen-bond donors (Lipinski definition) is 1. The van der Waals surface area contributed by atoms with Crippen molar-refractivity contribution in [3.05, 3.63) is 72.3 Å². The summed E-state index contributed by atoms with van der Waals surface area (Å²) in [4.78, 5) is 12.4. The monoisotopic (exact) mass is 341 g/mol. The van der Waals surface area contributed by atoms with Gasteiger partial charge in [-0.3, -0.25) is 4.79 Å². The van der Waals surface area contributed by atoms with Gasteiger partial charge in [-0.25, -0.2) is 8.78 Å². The Morgan fingerprint density at radius 3 is 2.60 bits per heavy atom. The van der Waals surface area contributed by atoms with E-state index in [1.165, 1.54) is 6.07 Å². The van der Waals surface area contributed by atoms with Crippen molar-refractivity contribution in [2.24, 2.45) is 0 Å². The lowest BCUT2D eigenvalue weighted by Gasteiger charge is -2.18. The summed E-state index contributed by atoms with van der Waals surface area (Å²) in [7, 11) is 0. The van der Waals surface area contributed by atoms with Gasteiger partial charge in [0.25, 0.3) is 5.91 Å². The summed E-state index contributed by atoms with van der Waals surface area (Å²) in [6, 6.07) is 16.3. The highest BCUT2D eigenvalue weighted by molar-refractivity contribution is 5.95. The van der Waals surface area contributed by atoms with Crippen LogP contribution in [0.2, 0.25) is 0 Å². The highest BCUT2D eigenvalue weighted by Gasteiger charge is 2.20. The van der Waals surface area contributed by atoms with E-state index in [0.29, 0.717) is 12.2 Å². The van der Waals surface area contributed by atoms with Crippen LogP contribution in [0.5, 0.6) is 5.75 Å². The summed E-state index contributed by atoms with van der Waals surface area (Å²) in [6.45, 7) is 1.80. The molecule has 0 bridgehead atoms. The molecule has 1 amide bonds. The van der Waals surface area contributed by atoms with Crippen molar-refractivity contribution in [1.29, 1.82) is 0 Å². The first-order valence-electron chi connectivity index (χ1n) is 7.99. The van der Waals surface area contributed by atoms with E-state index in [9.17, 15) is 13.6 Å². The molecule has 0 saturated heterocycles. The summed E-state index contributed by atoms with van der Waals surface area (Å²) >= 11 is 0. The van der Waals surface area contributed by atoms with Gasteiger partial charge in [-0.1, -0.05) is 43.3 Å². The number of anilines is 1. The van der Waals surface area contributed by atoms with Crippen molar-refractivity contribution in [3.63, 3.8) is 0 Å². The van der Waals surface area contributed by atoms with Crippen molar-refractivity contribution < 1.29 is 18.3 Å². The number of hydrogen-bond acceptors (Lipinski definition) is 2. The van der Waals surface area contributed by atoms with Gasteiger partial charge in [0.15, 0.2) is 6.10 Å². The van der Waals surface area contributed by atoms with E-state index < -0.39 is 23.6 Å². The van der Waals surface area contributed by atoms with Crippen LogP contribution in [-0.4, -0.2) is 12.0 Å². The molecule has 0 aliphatic rings. The Labute approximate surface area is 144 Å². The molecule has 128 valence electrons. The number of benzene rings is 3. The highest BCUT2D eigenvalue weighted by Crippen LogP contribution is 2.27. The third-order valence-electron chi connectivity index (χ3n) is 3.87. The molecule has 0 aromatic heterocycles. The number of carbonyl (C=O) groups is 1. The minimum atomic E-state index is -0.826. The Balaban J connectivity index is 1.80. The molecule has 1 N–H and O–H groups in total. The number of amides is 1. The molecule has 3 nitrogen and oxygen atoms in total. The summed E-state index contributed by atoms with van der Waals surface area (Å²) in [6.07, 6.45) is -0.395. The van der Waals surface area contributed by atoms with Crippen molar-refractivity contribution >= 4 is 22.4 Å². The molecule has 0 aliphatic carbocycles. The van der Waals surface area contributed by atoms with Gasteiger partial charge in [0.05, 0.1) is 5.69 Å². The average Bonchev–Trinajstić information content (AvgIpc) is 2.62. The smallest absolute Gasteiger partial charge is 0.265 e. The number of ether oxygens (including phenoxy) is 1. The number of rotatable bonds is 5. The van der Waals surface area contributed by atoms with Crippen LogP contribution in [0.3, 0.4) is 0 Å². The van der Waals surface area contributed by atoms with Gasteiger partial charge in [0.2, 0.25) is 0 Å². The van der Waals surface area contributed by atoms with Crippen LogP contribution in [0.4, 0.5) is 14.5 Å². The zero-order valence-corrected chi connectivity index (χ0v) is 13.6. The molecular formula is C20H17F2NO2. The zero-order chi connectivity index (χ0) is 17.8. The average molecular weight is 341 g/mol. The summed E-state index contributed by atoms with van der Waals surface area (Å²) in [5, 5.41) is 4.34. The molecule has 1 atom stereocenters. The molecule has 0 radical (unpaired) electrons. The quantitative estimate of drug-likeness (QED) is 0.716. The minimum absolute atomic E-state index is 0.0774. The van der Waals surface area contributed by atoms with E-state index in [-0.39, 0.29) is 5.69 Å². The van der Waals surface area contributed by atoms with E-state index in [0.717, 1.165) is 22.9 Å². The van der Waals surface area contributed by atoms with Crippen LogP contribution in [0.15, 0.2) is 60.7 Å². The predicted molar refractivity (Wildman–Crippen MR) is 93.6 cm³/mol. The molecule has 0 unspecified atom stereocenters. The fraction of sp³-hybridized carbons (Fsp3) is 0.150. The van der Waals surface area contributed by atoms with Gasteiger partial charge >= 0.3 is 0 Å². The maximum Gasteiger partial charge on any atom is 0.265 e. The summed E-state index contributed by atoms with van der Waals surface area (Å²) < 4.78 is 32.6. The van der Waals surface area contributed by atoms with E-state index in [4.69, 9.17) is 4.74 Å². The zero-order valence-electron chi connectivity index (χ0n) is 13.6. The molecular weight excluding hydrogens is 324 g/mol. The molecule has 3 aromatic carbocycles. The lowest BCUT2D eigenvalue weighted by atomic mass is 10.1. The third-order valence-corrected chi connectivity index (χ3v) is 3.87. The third kappa shape index (κ3) is 3.76. The van der Waals surface area contributed by atoms with E-state index in [2.05, 4.69) is 5.32 Å². The molecule has 3 rings (SSSR count). The van der Waals surface area contributed by atoms with Crippen LogP contribution in [-0.2, 0) is 4.79 Å². The number of carbonyl (C=O) groups excluding carboxylic acids is 1. The Morgan fingerprint density at radius 2 is 1.84 bits per heavy atom. The normalized spacial score (nSPS) is 12.0. The molecule has 0 fully saturated rings. The second-order valence-corrected chi connectivity index (χ2v) is 5.61. The first-order valence-corrected chi connectivity index (χ1v) is 7.99. The van der Waals surface area contributed by atoms with E-state index in [1.807, 2.05) is 36.4 Å². The van der Waals surface area contributed by atoms with Gasteiger partial charge in [0.1, 0.15) is 17.4 Å². The van der Waals surface area contributed by atoms with Crippen molar-refractivity contribution in [3.8, 4) is 5.75 Å². The van der Waals surface area contributed by atoms with Gasteiger partial charge in [-0.15, -0.1) is 0 Å². The van der Waals surface area contributed by atoms with Crippen LogP contribution in [0.1, 0.15) is 13.3 Å². The molecule has 25 heavy (non-hydrogen) atoms. The SMILES string of the molecule is CC[C@H](Oc1cccc2ccccc12)C(=O)Nc1ccc(F)cc1F. The van der Waals surface area contributed by atoms with E-state index in [1.54, 1.807) is 13.0 Å². The van der Waals surface area contributed by atoms with Crippen LogP contribution < -0.4 is 10.1 Å². The molecule has 5 heteroatoms.